The fourth-order valence-corrected chi connectivity index (χ4v) is 1.35. The van der Waals surface area contributed by atoms with Crippen LogP contribution in [-0.2, 0) is 0 Å². The molecule has 0 aliphatic carbocycles. The average Bonchev–Trinajstić information content (AvgIpc) is 2.30. The van der Waals surface area contributed by atoms with Gasteiger partial charge in [0.05, 0.1) is 6.10 Å². The van der Waals surface area contributed by atoms with E-state index in [0.29, 0.717) is 0 Å². The van der Waals surface area contributed by atoms with E-state index in [1.54, 1.807) is 0 Å². The third-order valence-electron chi connectivity index (χ3n) is 2.37. The molecule has 0 saturated carbocycles. The molecular weight excluding hydrogens is 273 g/mol. The summed E-state index contributed by atoms with van der Waals surface area (Å²) in [5, 5.41) is 20.3. The Morgan fingerprint density at radius 3 is 2.32 bits per heavy atom. The van der Waals surface area contributed by atoms with E-state index in [2.05, 4.69) is 5.32 Å². The molecule has 8 heteroatoms. The summed E-state index contributed by atoms with van der Waals surface area (Å²) in [5.74, 6) is -1.64. The molecule has 1 aromatic carbocycles. The van der Waals surface area contributed by atoms with Gasteiger partial charge in [0.15, 0.2) is 6.10 Å². The van der Waals surface area contributed by atoms with E-state index in [9.17, 15) is 27.1 Å². The molecule has 3 nitrogen and oxygen atoms in total. The fraction of sp³-hybridized carbons (Fsp3) is 0.455. The first-order valence-electron chi connectivity index (χ1n) is 5.30. The molecule has 0 heterocycles. The molecule has 3 N–H and O–H groups in total. The molecule has 1 rings (SSSR count). The van der Waals surface area contributed by atoms with Crippen molar-refractivity contribution in [2.45, 2.75) is 18.4 Å². The quantitative estimate of drug-likeness (QED) is 0.719. The molecular formula is C11H12F5NO2. The molecule has 2 unspecified atom stereocenters. The first kappa shape index (κ1) is 15.8. The Morgan fingerprint density at radius 1 is 1.11 bits per heavy atom. The van der Waals surface area contributed by atoms with Crippen molar-refractivity contribution in [2.24, 2.45) is 0 Å². The first-order chi connectivity index (χ1) is 8.71. The minimum Gasteiger partial charge on any atom is -0.387 e. The number of nitrogens with one attached hydrogen (secondary N) is 1. The highest BCUT2D eigenvalue weighted by atomic mass is 19.4. The van der Waals surface area contributed by atoms with Crippen molar-refractivity contribution < 1.29 is 32.2 Å². The van der Waals surface area contributed by atoms with Crippen molar-refractivity contribution >= 4 is 0 Å². The van der Waals surface area contributed by atoms with Gasteiger partial charge in [-0.05, 0) is 18.2 Å². The van der Waals surface area contributed by atoms with Crippen molar-refractivity contribution in [3.63, 3.8) is 0 Å². The van der Waals surface area contributed by atoms with Gasteiger partial charge in [-0.1, -0.05) is 0 Å². The second-order valence-corrected chi connectivity index (χ2v) is 3.90. The number of hydrogen-bond acceptors (Lipinski definition) is 3. The predicted molar refractivity (Wildman–Crippen MR) is 56.2 cm³/mol. The maximum absolute atomic E-state index is 13.2. The van der Waals surface area contributed by atoms with E-state index in [4.69, 9.17) is 5.11 Å². The molecule has 0 saturated heterocycles. The van der Waals surface area contributed by atoms with Crippen molar-refractivity contribution in [2.75, 3.05) is 13.1 Å². The molecule has 0 spiro atoms. The van der Waals surface area contributed by atoms with Gasteiger partial charge in [0.1, 0.15) is 11.6 Å². The summed E-state index contributed by atoms with van der Waals surface area (Å²) in [5.41, 5.74) is -0.367. The number of rotatable bonds is 5. The summed E-state index contributed by atoms with van der Waals surface area (Å²) in [6.07, 6.45) is -8.88. The van der Waals surface area contributed by atoms with Crippen LogP contribution in [0.2, 0.25) is 0 Å². The number of benzene rings is 1. The van der Waals surface area contributed by atoms with Crippen LogP contribution in [-0.4, -0.2) is 35.6 Å². The molecule has 2 atom stereocenters. The van der Waals surface area contributed by atoms with Crippen molar-refractivity contribution in [3.8, 4) is 0 Å². The van der Waals surface area contributed by atoms with E-state index in [0.717, 1.165) is 18.2 Å². The van der Waals surface area contributed by atoms with Crippen LogP contribution in [0.1, 0.15) is 11.7 Å². The van der Waals surface area contributed by atoms with Crippen molar-refractivity contribution in [1.82, 2.24) is 5.32 Å². The molecule has 0 aromatic heterocycles. The second-order valence-electron chi connectivity index (χ2n) is 3.90. The Morgan fingerprint density at radius 2 is 1.74 bits per heavy atom. The Balaban J connectivity index is 2.52. The Kier molecular flexibility index (Phi) is 5.21. The van der Waals surface area contributed by atoms with Gasteiger partial charge in [-0.2, -0.15) is 13.2 Å². The number of alkyl halides is 3. The molecule has 19 heavy (non-hydrogen) atoms. The van der Waals surface area contributed by atoms with Gasteiger partial charge < -0.3 is 15.5 Å². The molecule has 0 radical (unpaired) electrons. The summed E-state index contributed by atoms with van der Waals surface area (Å²) >= 11 is 0. The molecule has 0 bridgehead atoms. The Labute approximate surface area is 105 Å². The van der Waals surface area contributed by atoms with E-state index in [-0.39, 0.29) is 5.56 Å². The summed E-state index contributed by atoms with van der Waals surface area (Å²) in [6.45, 7) is -1.30. The van der Waals surface area contributed by atoms with Crippen molar-refractivity contribution in [1.29, 1.82) is 0 Å². The van der Waals surface area contributed by atoms with Gasteiger partial charge in [0.25, 0.3) is 0 Å². The molecule has 108 valence electrons. The number of aliphatic hydroxyl groups is 2. The lowest BCUT2D eigenvalue weighted by molar-refractivity contribution is -0.202. The third kappa shape index (κ3) is 4.73. The highest BCUT2D eigenvalue weighted by molar-refractivity contribution is 5.21. The maximum Gasteiger partial charge on any atom is 0.415 e. The van der Waals surface area contributed by atoms with Crippen LogP contribution in [0.5, 0.6) is 0 Å². The largest absolute Gasteiger partial charge is 0.415 e. The zero-order chi connectivity index (χ0) is 14.6. The molecule has 0 fully saturated rings. The van der Waals surface area contributed by atoms with E-state index < -0.39 is 43.1 Å². The van der Waals surface area contributed by atoms with Gasteiger partial charge in [-0.25, -0.2) is 8.78 Å². The first-order valence-corrected chi connectivity index (χ1v) is 5.30. The van der Waals surface area contributed by atoms with Crippen LogP contribution in [0, 0.1) is 11.6 Å². The van der Waals surface area contributed by atoms with Crippen LogP contribution >= 0.6 is 0 Å². The van der Waals surface area contributed by atoms with Gasteiger partial charge in [-0.15, -0.1) is 0 Å². The molecule has 1 aromatic rings. The van der Waals surface area contributed by atoms with Gasteiger partial charge in [0, 0.05) is 18.7 Å². The lowest BCUT2D eigenvalue weighted by Crippen LogP contribution is -2.39. The van der Waals surface area contributed by atoms with Crippen LogP contribution in [0.15, 0.2) is 18.2 Å². The summed E-state index contributed by atoms with van der Waals surface area (Å²) in [4.78, 5) is 0. The van der Waals surface area contributed by atoms with E-state index >= 15 is 0 Å². The van der Waals surface area contributed by atoms with Gasteiger partial charge >= 0.3 is 6.18 Å². The lowest BCUT2D eigenvalue weighted by Gasteiger charge is -2.17. The van der Waals surface area contributed by atoms with E-state index in [1.807, 2.05) is 0 Å². The molecule has 0 amide bonds. The minimum atomic E-state index is -4.78. The SMILES string of the molecule is OC(CNCC(O)C(F)(F)F)c1cc(F)ccc1F. The van der Waals surface area contributed by atoms with Crippen molar-refractivity contribution in [3.05, 3.63) is 35.4 Å². The highest BCUT2D eigenvalue weighted by Crippen LogP contribution is 2.20. The highest BCUT2D eigenvalue weighted by Gasteiger charge is 2.37. The van der Waals surface area contributed by atoms with Crippen LogP contribution < -0.4 is 5.32 Å². The van der Waals surface area contributed by atoms with Gasteiger partial charge in [0.2, 0.25) is 0 Å². The Bertz CT molecular complexity index is 424. The summed E-state index contributed by atoms with van der Waals surface area (Å²) in [7, 11) is 0. The summed E-state index contributed by atoms with van der Waals surface area (Å²) in [6, 6.07) is 2.41. The standard InChI is InChI=1S/C11H12F5NO2/c12-6-1-2-8(13)7(3-6)9(18)4-17-5-10(19)11(14,15)16/h1-3,9-10,17-19H,4-5H2. The van der Waals surface area contributed by atoms with Gasteiger partial charge in [-0.3, -0.25) is 0 Å². The molecule has 0 aliphatic heterocycles. The average molecular weight is 285 g/mol. The minimum absolute atomic E-state index is 0.367. The number of aliphatic hydroxyl groups excluding tert-OH is 2. The summed E-state index contributed by atoms with van der Waals surface area (Å²) < 4.78 is 61.9. The topological polar surface area (TPSA) is 52.5 Å². The lowest BCUT2D eigenvalue weighted by atomic mass is 10.1. The maximum atomic E-state index is 13.2. The predicted octanol–water partition coefficient (Wildman–Crippen LogP) is 1.51. The fourth-order valence-electron chi connectivity index (χ4n) is 1.35. The third-order valence-corrected chi connectivity index (χ3v) is 2.37. The van der Waals surface area contributed by atoms with Crippen LogP contribution in [0.4, 0.5) is 22.0 Å². The van der Waals surface area contributed by atoms with Crippen LogP contribution in [0.3, 0.4) is 0 Å². The molecule has 0 aliphatic rings. The zero-order valence-corrected chi connectivity index (χ0v) is 9.59. The van der Waals surface area contributed by atoms with Crippen LogP contribution in [0.25, 0.3) is 0 Å². The Hall–Kier alpha value is -1.25. The zero-order valence-electron chi connectivity index (χ0n) is 9.59. The normalized spacial score (nSPS) is 15.3. The smallest absolute Gasteiger partial charge is 0.387 e. The number of halogens is 5. The van der Waals surface area contributed by atoms with E-state index in [1.165, 1.54) is 0 Å². The monoisotopic (exact) mass is 285 g/mol. The second kappa shape index (κ2) is 6.27. The number of hydrogen-bond donors (Lipinski definition) is 3.